The minimum Gasteiger partial charge on any atom is -0.486 e. The molecule has 2 aliphatic heterocycles. The van der Waals surface area contributed by atoms with Crippen LogP contribution in [0.3, 0.4) is 0 Å². The van der Waals surface area contributed by atoms with Crippen molar-refractivity contribution in [2.45, 2.75) is 12.8 Å². The Morgan fingerprint density at radius 3 is 2.50 bits per heavy atom. The fourth-order valence-electron chi connectivity index (χ4n) is 2.84. The lowest BCUT2D eigenvalue weighted by atomic mass is 10.2. The molecule has 0 atom stereocenters. The Balaban J connectivity index is 1.45. The van der Waals surface area contributed by atoms with Gasteiger partial charge in [0.25, 0.3) is 5.91 Å². The molecule has 0 aliphatic carbocycles. The zero-order chi connectivity index (χ0) is 16.4. The number of anilines is 2. The maximum atomic E-state index is 12.3. The van der Waals surface area contributed by atoms with E-state index in [0.717, 1.165) is 25.9 Å². The topological polar surface area (TPSA) is 76.6 Å². The van der Waals surface area contributed by atoms with Gasteiger partial charge in [-0.05, 0) is 25.0 Å². The molecule has 2 aliphatic rings. The molecular formula is C17H18N4O3. The summed E-state index contributed by atoms with van der Waals surface area (Å²) >= 11 is 0. The van der Waals surface area contributed by atoms with Crippen LogP contribution < -0.4 is 19.7 Å². The lowest BCUT2D eigenvalue weighted by Crippen LogP contribution is -2.21. The highest BCUT2D eigenvalue weighted by atomic mass is 16.6. The number of nitrogens with zero attached hydrogens (tertiary/aromatic N) is 3. The first-order chi connectivity index (χ1) is 11.8. The number of hydrogen-bond donors (Lipinski definition) is 1. The predicted molar refractivity (Wildman–Crippen MR) is 88.9 cm³/mol. The van der Waals surface area contributed by atoms with Crippen LogP contribution in [0.15, 0.2) is 30.6 Å². The van der Waals surface area contributed by atoms with Crippen LogP contribution in [-0.2, 0) is 0 Å². The largest absolute Gasteiger partial charge is 0.486 e. The van der Waals surface area contributed by atoms with Gasteiger partial charge in [0, 0.05) is 37.2 Å². The Labute approximate surface area is 139 Å². The number of hydrogen-bond acceptors (Lipinski definition) is 6. The van der Waals surface area contributed by atoms with Crippen LogP contribution in [0.5, 0.6) is 11.5 Å². The molecule has 0 radical (unpaired) electrons. The number of carbonyl (C=O) groups excluding carboxylic acids is 1. The van der Waals surface area contributed by atoms with Gasteiger partial charge in [0.1, 0.15) is 13.2 Å². The highest BCUT2D eigenvalue weighted by Gasteiger charge is 2.16. The number of amides is 1. The number of carbonyl (C=O) groups is 1. The average Bonchev–Trinajstić information content (AvgIpc) is 3.16. The Kier molecular flexibility index (Phi) is 3.90. The Hall–Kier alpha value is -2.83. The summed E-state index contributed by atoms with van der Waals surface area (Å²) in [5.41, 5.74) is 1.07. The molecule has 1 aromatic carbocycles. The lowest BCUT2D eigenvalue weighted by Gasteiger charge is -2.19. The maximum absolute atomic E-state index is 12.3. The van der Waals surface area contributed by atoms with E-state index in [1.54, 1.807) is 30.6 Å². The summed E-state index contributed by atoms with van der Waals surface area (Å²) in [4.78, 5) is 23.1. The van der Waals surface area contributed by atoms with E-state index in [0.29, 0.717) is 41.9 Å². The normalized spacial score (nSPS) is 16.1. The summed E-state index contributed by atoms with van der Waals surface area (Å²) in [6.07, 6.45) is 5.45. The highest BCUT2D eigenvalue weighted by molar-refractivity contribution is 6.04. The summed E-state index contributed by atoms with van der Waals surface area (Å²) in [5, 5.41) is 2.83. The van der Waals surface area contributed by atoms with E-state index in [4.69, 9.17) is 9.47 Å². The fourth-order valence-corrected chi connectivity index (χ4v) is 2.84. The molecule has 0 bridgehead atoms. The first kappa shape index (κ1) is 14.7. The van der Waals surface area contributed by atoms with Crippen LogP contribution in [0.2, 0.25) is 0 Å². The second-order valence-electron chi connectivity index (χ2n) is 5.78. The fraction of sp³-hybridized carbons (Fsp3) is 0.353. The van der Waals surface area contributed by atoms with E-state index < -0.39 is 0 Å². The summed E-state index contributed by atoms with van der Waals surface area (Å²) < 4.78 is 11.0. The third kappa shape index (κ3) is 2.97. The monoisotopic (exact) mass is 326 g/mol. The molecule has 1 N–H and O–H groups in total. The third-order valence-corrected chi connectivity index (χ3v) is 4.09. The molecule has 7 nitrogen and oxygen atoms in total. The molecule has 124 valence electrons. The first-order valence-corrected chi connectivity index (χ1v) is 8.07. The molecule has 0 spiro atoms. The summed E-state index contributed by atoms with van der Waals surface area (Å²) in [7, 11) is 0. The van der Waals surface area contributed by atoms with E-state index in [-0.39, 0.29) is 5.91 Å². The van der Waals surface area contributed by atoms with Crippen LogP contribution in [0, 0.1) is 0 Å². The zero-order valence-electron chi connectivity index (χ0n) is 13.2. The van der Waals surface area contributed by atoms with Crippen LogP contribution in [-0.4, -0.2) is 42.2 Å². The van der Waals surface area contributed by atoms with Crippen LogP contribution in [0.1, 0.15) is 23.2 Å². The Morgan fingerprint density at radius 1 is 1.04 bits per heavy atom. The van der Waals surface area contributed by atoms with Gasteiger partial charge in [-0.1, -0.05) is 0 Å². The number of benzene rings is 1. The third-order valence-electron chi connectivity index (χ3n) is 4.09. The molecule has 2 aromatic rings. The van der Waals surface area contributed by atoms with Crippen molar-refractivity contribution in [1.29, 1.82) is 0 Å². The minimum absolute atomic E-state index is 0.250. The second kappa shape index (κ2) is 6.35. The van der Waals surface area contributed by atoms with Crippen molar-refractivity contribution in [1.82, 2.24) is 9.97 Å². The van der Waals surface area contributed by atoms with E-state index in [1.807, 2.05) is 0 Å². The Bertz CT molecular complexity index is 742. The van der Waals surface area contributed by atoms with E-state index in [1.165, 1.54) is 0 Å². The van der Waals surface area contributed by atoms with Crippen molar-refractivity contribution >= 4 is 17.5 Å². The van der Waals surface area contributed by atoms with Crippen molar-refractivity contribution in [3.05, 3.63) is 36.2 Å². The Morgan fingerprint density at radius 2 is 1.75 bits per heavy atom. The average molecular weight is 326 g/mol. The zero-order valence-corrected chi connectivity index (χ0v) is 13.2. The highest BCUT2D eigenvalue weighted by Crippen LogP contribution is 2.32. The molecule has 7 heteroatoms. The number of ether oxygens (including phenoxy) is 2. The summed E-state index contributed by atoms with van der Waals surface area (Å²) in [6.45, 7) is 3.00. The molecule has 1 fully saturated rings. The summed E-state index contributed by atoms with van der Waals surface area (Å²) in [5.74, 6) is 1.76. The van der Waals surface area contributed by atoms with Crippen molar-refractivity contribution in [2.75, 3.05) is 36.5 Å². The number of nitrogens with one attached hydrogen (secondary N) is 1. The molecule has 1 saturated heterocycles. The lowest BCUT2D eigenvalue weighted by molar-refractivity contribution is 0.102. The van der Waals surface area contributed by atoms with Gasteiger partial charge >= 0.3 is 0 Å². The van der Waals surface area contributed by atoms with Crippen molar-refractivity contribution in [2.24, 2.45) is 0 Å². The van der Waals surface area contributed by atoms with Gasteiger partial charge in [-0.15, -0.1) is 0 Å². The van der Waals surface area contributed by atoms with Gasteiger partial charge < -0.3 is 19.7 Å². The quantitative estimate of drug-likeness (QED) is 0.931. The van der Waals surface area contributed by atoms with Crippen LogP contribution in [0.4, 0.5) is 11.6 Å². The van der Waals surface area contributed by atoms with Gasteiger partial charge in [-0.2, -0.15) is 0 Å². The summed E-state index contributed by atoms with van der Waals surface area (Å²) in [6, 6.07) is 5.33. The standard InChI is InChI=1S/C17H18N4O3/c22-16(12-10-18-17(19-11-12)21-5-1-2-6-21)20-13-3-4-14-15(9-13)24-8-7-23-14/h3-4,9-11H,1-2,5-8H2,(H,20,22). The van der Waals surface area contributed by atoms with Crippen molar-refractivity contribution < 1.29 is 14.3 Å². The second-order valence-corrected chi connectivity index (χ2v) is 5.78. The number of aromatic nitrogens is 2. The number of rotatable bonds is 3. The molecule has 1 aromatic heterocycles. The van der Waals surface area contributed by atoms with E-state index in [2.05, 4.69) is 20.2 Å². The van der Waals surface area contributed by atoms with Gasteiger partial charge in [0.2, 0.25) is 5.95 Å². The molecule has 24 heavy (non-hydrogen) atoms. The molecular weight excluding hydrogens is 308 g/mol. The van der Waals surface area contributed by atoms with Gasteiger partial charge in [0.05, 0.1) is 5.56 Å². The first-order valence-electron chi connectivity index (χ1n) is 8.07. The molecule has 3 heterocycles. The minimum atomic E-state index is -0.250. The van der Waals surface area contributed by atoms with Crippen molar-refractivity contribution in [3.8, 4) is 11.5 Å². The van der Waals surface area contributed by atoms with Crippen molar-refractivity contribution in [3.63, 3.8) is 0 Å². The number of fused-ring (bicyclic) bond motifs is 1. The SMILES string of the molecule is O=C(Nc1ccc2c(c1)OCCO2)c1cnc(N2CCCC2)nc1. The molecule has 4 rings (SSSR count). The van der Waals surface area contributed by atoms with Gasteiger partial charge in [-0.25, -0.2) is 9.97 Å². The van der Waals surface area contributed by atoms with Gasteiger partial charge in [0.15, 0.2) is 11.5 Å². The smallest absolute Gasteiger partial charge is 0.258 e. The van der Waals surface area contributed by atoms with Crippen LogP contribution in [0.25, 0.3) is 0 Å². The van der Waals surface area contributed by atoms with Crippen LogP contribution >= 0.6 is 0 Å². The molecule has 0 saturated carbocycles. The van der Waals surface area contributed by atoms with E-state index >= 15 is 0 Å². The molecule has 0 unspecified atom stereocenters. The maximum Gasteiger partial charge on any atom is 0.258 e. The predicted octanol–water partition coefficient (Wildman–Crippen LogP) is 2.10. The molecule has 1 amide bonds. The van der Waals surface area contributed by atoms with E-state index in [9.17, 15) is 4.79 Å². The van der Waals surface area contributed by atoms with Gasteiger partial charge in [-0.3, -0.25) is 4.79 Å².